The van der Waals surface area contributed by atoms with Crippen LogP contribution in [0, 0.1) is 10.1 Å². The van der Waals surface area contributed by atoms with Gasteiger partial charge in [-0.1, -0.05) is 12.1 Å². The van der Waals surface area contributed by atoms with Crippen LogP contribution in [0.1, 0.15) is 15.9 Å². The molecule has 2 aromatic rings. The number of nitrogens with zero attached hydrogens (tertiary/aromatic N) is 2. The van der Waals surface area contributed by atoms with Crippen LogP contribution in [0.15, 0.2) is 41.3 Å². The Morgan fingerprint density at radius 1 is 1.30 bits per heavy atom. The third-order valence-corrected chi connectivity index (χ3v) is 3.17. The number of hydrogen-bond acceptors (Lipinski definition) is 6. The molecule has 23 heavy (non-hydrogen) atoms. The maximum Gasteiger partial charge on any atom is 0.343 e. The van der Waals surface area contributed by atoms with Gasteiger partial charge in [-0.2, -0.15) is 0 Å². The summed E-state index contributed by atoms with van der Waals surface area (Å²) in [5.41, 5.74) is -0.717. The Hall–Kier alpha value is -3.16. The van der Waals surface area contributed by atoms with Crippen molar-refractivity contribution in [1.29, 1.82) is 0 Å². The minimum atomic E-state index is -0.918. The Labute approximate surface area is 131 Å². The number of ether oxygens (including phenoxy) is 2. The Balaban J connectivity index is 2.52. The van der Waals surface area contributed by atoms with Crippen LogP contribution >= 0.6 is 0 Å². The van der Waals surface area contributed by atoms with E-state index in [4.69, 9.17) is 4.74 Å². The third-order valence-electron chi connectivity index (χ3n) is 3.17. The zero-order chi connectivity index (χ0) is 17.0. The minimum absolute atomic E-state index is 0.0572. The van der Waals surface area contributed by atoms with Crippen LogP contribution in [0.5, 0.6) is 5.75 Å². The van der Waals surface area contributed by atoms with Gasteiger partial charge in [0.2, 0.25) is 0 Å². The summed E-state index contributed by atoms with van der Waals surface area (Å²) in [5.74, 6) is -0.327. The number of nitro groups is 1. The largest absolute Gasteiger partial charge is 0.497 e. The van der Waals surface area contributed by atoms with Gasteiger partial charge in [-0.3, -0.25) is 14.9 Å². The predicted octanol–water partition coefficient (Wildman–Crippen LogP) is 1.60. The number of aromatic nitrogens is 1. The molecule has 0 bridgehead atoms. The van der Waals surface area contributed by atoms with E-state index in [1.54, 1.807) is 24.3 Å². The van der Waals surface area contributed by atoms with Crippen LogP contribution in [0.2, 0.25) is 0 Å². The highest BCUT2D eigenvalue weighted by Gasteiger charge is 2.19. The van der Waals surface area contributed by atoms with Crippen LogP contribution in [-0.2, 0) is 11.3 Å². The summed E-state index contributed by atoms with van der Waals surface area (Å²) >= 11 is 0. The Kier molecular flexibility index (Phi) is 4.75. The number of hydrogen-bond donors (Lipinski definition) is 0. The van der Waals surface area contributed by atoms with Gasteiger partial charge in [-0.05, 0) is 17.7 Å². The molecule has 0 unspecified atom stereocenters. The van der Waals surface area contributed by atoms with E-state index >= 15 is 0 Å². The fourth-order valence-electron chi connectivity index (χ4n) is 2.06. The van der Waals surface area contributed by atoms with Crippen LogP contribution in [-0.4, -0.2) is 29.7 Å². The molecule has 0 saturated carbocycles. The lowest BCUT2D eigenvalue weighted by molar-refractivity contribution is -0.385. The molecule has 0 N–H and O–H groups in total. The second-order valence-corrected chi connectivity index (χ2v) is 4.65. The van der Waals surface area contributed by atoms with E-state index < -0.39 is 16.5 Å². The summed E-state index contributed by atoms with van der Waals surface area (Å²) in [6.07, 6.45) is 1.09. The van der Waals surface area contributed by atoms with Gasteiger partial charge in [0, 0.05) is 6.07 Å². The van der Waals surface area contributed by atoms with Gasteiger partial charge in [0.05, 0.1) is 31.9 Å². The summed E-state index contributed by atoms with van der Waals surface area (Å²) in [7, 11) is 2.61. The molecular weight excluding hydrogens is 304 g/mol. The quantitative estimate of drug-likeness (QED) is 0.471. The summed E-state index contributed by atoms with van der Waals surface area (Å²) in [6.45, 7) is 0.0572. The van der Waals surface area contributed by atoms with Crippen LogP contribution in [0.4, 0.5) is 5.69 Å². The molecule has 0 fully saturated rings. The van der Waals surface area contributed by atoms with E-state index in [0.717, 1.165) is 23.9 Å². The molecule has 0 radical (unpaired) electrons. The highest BCUT2D eigenvalue weighted by molar-refractivity contribution is 5.89. The number of pyridine rings is 1. The Morgan fingerprint density at radius 3 is 2.65 bits per heavy atom. The maximum absolute atomic E-state index is 12.3. The lowest BCUT2D eigenvalue weighted by Gasteiger charge is -2.09. The molecule has 2 rings (SSSR count). The fraction of sp³-hybridized carbons (Fsp3) is 0.200. The highest BCUT2D eigenvalue weighted by atomic mass is 16.6. The third kappa shape index (κ3) is 3.54. The van der Waals surface area contributed by atoms with Gasteiger partial charge in [0.25, 0.3) is 11.2 Å². The van der Waals surface area contributed by atoms with Gasteiger partial charge in [-0.15, -0.1) is 0 Å². The zero-order valence-corrected chi connectivity index (χ0v) is 12.5. The fourth-order valence-corrected chi connectivity index (χ4v) is 2.06. The Bertz CT molecular complexity index is 812. The molecule has 0 aliphatic heterocycles. The zero-order valence-electron chi connectivity index (χ0n) is 12.5. The molecule has 120 valence electrons. The highest BCUT2D eigenvalue weighted by Crippen LogP contribution is 2.15. The predicted molar refractivity (Wildman–Crippen MR) is 80.8 cm³/mol. The van der Waals surface area contributed by atoms with E-state index in [1.165, 1.54) is 7.11 Å². The van der Waals surface area contributed by atoms with Crippen molar-refractivity contribution in [2.24, 2.45) is 0 Å². The van der Waals surface area contributed by atoms with Crippen molar-refractivity contribution in [1.82, 2.24) is 4.57 Å². The SMILES string of the molecule is COC(=O)c1cc([N+](=O)[O-])cn(Cc2cccc(OC)c2)c1=O. The van der Waals surface area contributed by atoms with Crippen molar-refractivity contribution < 1.29 is 19.2 Å². The summed E-state index contributed by atoms with van der Waals surface area (Å²) in [4.78, 5) is 34.3. The van der Waals surface area contributed by atoms with Crippen LogP contribution in [0.3, 0.4) is 0 Å². The summed E-state index contributed by atoms with van der Waals surface area (Å²) in [6, 6.07) is 7.82. The molecule has 1 aromatic heterocycles. The maximum atomic E-state index is 12.3. The average molecular weight is 318 g/mol. The molecule has 1 heterocycles. The average Bonchev–Trinajstić information content (AvgIpc) is 2.56. The molecule has 1 aromatic carbocycles. The molecule has 0 spiro atoms. The molecule has 8 nitrogen and oxygen atoms in total. The van der Waals surface area contributed by atoms with Gasteiger partial charge >= 0.3 is 5.97 Å². The number of carbonyl (C=O) groups is 1. The summed E-state index contributed by atoms with van der Waals surface area (Å²) < 4.78 is 10.7. The lowest BCUT2D eigenvalue weighted by atomic mass is 10.2. The second-order valence-electron chi connectivity index (χ2n) is 4.65. The molecular formula is C15H14N2O6. The molecule has 0 aliphatic carbocycles. The van der Waals surface area contributed by atoms with Crippen molar-refractivity contribution in [3.8, 4) is 5.75 Å². The molecule has 8 heteroatoms. The van der Waals surface area contributed by atoms with Crippen LogP contribution < -0.4 is 10.3 Å². The molecule has 0 saturated heterocycles. The molecule has 0 amide bonds. The van der Waals surface area contributed by atoms with Crippen molar-refractivity contribution in [3.63, 3.8) is 0 Å². The normalized spacial score (nSPS) is 10.2. The van der Waals surface area contributed by atoms with Crippen molar-refractivity contribution in [2.45, 2.75) is 6.54 Å². The van der Waals surface area contributed by atoms with Crippen molar-refractivity contribution in [2.75, 3.05) is 14.2 Å². The first kappa shape index (κ1) is 16.2. The number of esters is 1. The van der Waals surface area contributed by atoms with Gasteiger partial charge < -0.3 is 14.0 Å². The van der Waals surface area contributed by atoms with E-state index in [1.807, 2.05) is 0 Å². The number of benzene rings is 1. The van der Waals surface area contributed by atoms with Gasteiger partial charge in [0.15, 0.2) is 0 Å². The topological polar surface area (TPSA) is 101 Å². The van der Waals surface area contributed by atoms with E-state index in [9.17, 15) is 19.7 Å². The van der Waals surface area contributed by atoms with E-state index in [0.29, 0.717) is 11.3 Å². The monoisotopic (exact) mass is 318 g/mol. The smallest absolute Gasteiger partial charge is 0.343 e. The van der Waals surface area contributed by atoms with Crippen LogP contribution in [0.25, 0.3) is 0 Å². The first-order chi connectivity index (χ1) is 11.0. The van der Waals surface area contributed by atoms with Crippen molar-refractivity contribution >= 4 is 11.7 Å². The van der Waals surface area contributed by atoms with Crippen molar-refractivity contribution in [3.05, 3.63) is 68.1 Å². The van der Waals surface area contributed by atoms with Gasteiger partial charge in [0.1, 0.15) is 11.3 Å². The summed E-state index contributed by atoms with van der Waals surface area (Å²) in [5, 5.41) is 11.0. The van der Waals surface area contributed by atoms with Gasteiger partial charge in [-0.25, -0.2) is 4.79 Å². The molecule has 0 aliphatic rings. The number of carbonyl (C=O) groups excluding carboxylic acids is 1. The second kappa shape index (κ2) is 6.73. The lowest BCUT2D eigenvalue weighted by Crippen LogP contribution is -2.27. The number of rotatable bonds is 5. The number of methoxy groups -OCH3 is 2. The minimum Gasteiger partial charge on any atom is -0.497 e. The van der Waals surface area contributed by atoms with E-state index in [-0.39, 0.29) is 17.8 Å². The van der Waals surface area contributed by atoms with E-state index in [2.05, 4.69) is 4.74 Å². The molecule has 0 atom stereocenters. The Morgan fingerprint density at radius 2 is 2.04 bits per heavy atom. The first-order valence-electron chi connectivity index (χ1n) is 6.56. The standard InChI is InChI=1S/C15H14N2O6/c1-22-12-5-3-4-10(6-12)8-16-9-11(17(20)21)7-13(14(16)18)15(19)23-2/h3-7,9H,8H2,1-2H3. The first-order valence-corrected chi connectivity index (χ1v) is 6.56.